The third-order valence-electron chi connectivity index (χ3n) is 2.34. The molecule has 1 aromatic rings. The van der Waals surface area contributed by atoms with E-state index in [4.69, 9.17) is 10.5 Å². The minimum absolute atomic E-state index is 0.552. The summed E-state index contributed by atoms with van der Waals surface area (Å²) in [5, 5.41) is 0. The molecule has 0 aliphatic carbocycles. The summed E-state index contributed by atoms with van der Waals surface area (Å²) in [5.74, 6) is 0. The molecule has 0 saturated heterocycles. The zero-order chi connectivity index (χ0) is 10.9. The molecule has 0 atom stereocenters. The molecule has 0 aliphatic rings. The summed E-state index contributed by atoms with van der Waals surface area (Å²) in [7, 11) is 0. The van der Waals surface area contributed by atoms with Gasteiger partial charge in [0.25, 0.3) is 0 Å². The Bertz CT molecular complexity index is 260. The standard InChI is InChI=1S/C11H21N3O/c1-2-3-6-15-7-4-5-14-10-13-9-11(14)8-12/h9-10H,2-8,12H2,1H3. The Kier molecular flexibility index (Phi) is 6.04. The number of unbranched alkanes of at least 4 members (excludes halogenated alkanes) is 1. The van der Waals surface area contributed by atoms with Crippen molar-refractivity contribution in [2.45, 2.75) is 39.3 Å². The van der Waals surface area contributed by atoms with Gasteiger partial charge in [0.15, 0.2) is 0 Å². The summed E-state index contributed by atoms with van der Waals surface area (Å²) >= 11 is 0. The first-order valence-electron chi connectivity index (χ1n) is 5.65. The number of nitrogens with two attached hydrogens (primary N) is 1. The van der Waals surface area contributed by atoms with E-state index >= 15 is 0 Å². The van der Waals surface area contributed by atoms with Crippen LogP contribution in [-0.2, 0) is 17.8 Å². The van der Waals surface area contributed by atoms with Crippen LogP contribution in [0, 0.1) is 0 Å². The average molecular weight is 211 g/mol. The summed E-state index contributed by atoms with van der Waals surface area (Å²) in [6.07, 6.45) is 7.01. The first-order chi connectivity index (χ1) is 7.38. The Labute approximate surface area is 91.4 Å². The molecule has 1 rings (SSSR count). The number of nitrogens with zero attached hydrogens (tertiary/aromatic N) is 2. The van der Waals surface area contributed by atoms with Crippen molar-refractivity contribution < 1.29 is 4.74 Å². The van der Waals surface area contributed by atoms with Crippen LogP contribution in [0.25, 0.3) is 0 Å². The third kappa shape index (κ3) is 4.44. The number of hydrogen-bond donors (Lipinski definition) is 1. The number of imidazole rings is 1. The number of hydrogen-bond acceptors (Lipinski definition) is 3. The molecular weight excluding hydrogens is 190 g/mol. The van der Waals surface area contributed by atoms with Gasteiger partial charge in [0, 0.05) is 32.5 Å². The Balaban J connectivity index is 2.09. The highest BCUT2D eigenvalue weighted by atomic mass is 16.5. The van der Waals surface area contributed by atoms with E-state index in [-0.39, 0.29) is 0 Å². The van der Waals surface area contributed by atoms with E-state index in [1.54, 1.807) is 0 Å². The number of aryl methyl sites for hydroxylation is 1. The van der Waals surface area contributed by atoms with Crippen molar-refractivity contribution in [1.82, 2.24) is 9.55 Å². The lowest BCUT2D eigenvalue weighted by molar-refractivity contribution is 0.126. The highest BCUT2D eigenvalue weighted by Crippen LogP contribution is 2.00. The smallest absolute Gasteiger partial charge is 0.0948 e. The summed E-state index contributed by atoms with van der Waals surface area (Å²) in [6.45, 7) is 5.37. The molecule has 1 heterocycles. The van der Waals surface area contributed by atoms with Crippen molar-refractivity contribution in [3.8, 4) is 0 Å². The lowest BCUT2D eigenvalue weighted by Crippen LogP contribution is -2.08. The van der Waals surface area contributed by atoms with Gasteiger partial charge < -0.3 is 15.0 Å². The van der Waals surface area contributed by atoms with E-state index in [9.17, 15) is 0 Å². The van der Waals surface area contributed by atoms with Gasteiger partial charge in [-0.25, -0.2) is 4.98 Å². The maximum atomic E-state index is 5.57. The molecule has 0 saturated carbocycles. The summed E-state index contributed by atoms with van der Waals surface area (Å²) < 4.78 is 7.57. The van der Waals surface area contributed by atoms with E-state index in [1.807, 2.05) is 12.5 Å². The monoisotopic (exact) mass is 211 g/mol. The van der Waals surface area contributed by atoms with Crippen molar-refractivity contribution in [2.75, 3.05) is 13.2 Å². The van der Waals surface area contributed by atoms with Gasteiger partial charge in [-0.05, 0) is 12.8 Å². The molecule has 2 N–H and O–H groups in total. The molecule has 0 aromatic carbocycles. The topological polar surface area (TPSA) is 53.1 Å². The van der Waals surface area contributed by atoms with Crippen molar-refractivity contribution in [3.05, 3.63) is 18.2 Å². The Morgan fingerprint density at radius 2 is 2.20 bits per heavy atom. The van der Waals surface area contributed by atoms with Crippen LogP contribution in [0.15, 0.2) is 12.5 Å². The van der Waals surface area contributed by atoms with Crippen molar-refractivity contribution in [3.63, 3.8) is 0 Å². The van der Waals surface area contributed by atoms with Crippen LogP contribution in [0.4, 0.5) is 0 Å². The van der Waals surface area contributed by atoms with Gasteiger partial charge in [-0.2, -0.15) is 0 Å². The van der Waals surface area contributed by atoms with E-state index in [2.05, 4.69) is 16.5 Å². The predicted octanol–water partition coefficient (Wildman–Crippen LogP) is 1.55. The fourth-order valence-corrected chi connectivity index (χ4v) is 1.40. The van der Waals surface area contributed by atoms with Crippen LogP contribution in [0.3, 0.4) is 0 Å². The molecule has 1 aromatic heterocycles. The molecule has 0 fully saturated rings. The van der Waals surface area contributed by atoms with Gasteiger partial charge in [-0.15, -0.1) is 0 Å². The van der Waals surface area contributed by atoms with Crippen LogP contribution in [0.5, 0.6) is 0 Å². The first-order valence-corrected chi connectivity index (χ1v) is 5.65. The maximum absolute atomic E-state index is 5.57. The van der Waals surface area contributed by atoms with E-state index < -0.39 is 0 Å². The molecule has 4 heteroatoms. The van der Waals surface area contributed by atoms with E-state index in [0.29, 0.717) is 6.54 Å². The molecule has 86 valence electrons. The van der Waals surface area contributed by atoms with Gasteiger partial charge in [0.1, 0.15) is 0 Å². The molecule has 4 nitrogen and oxygen atoms in total. The fourth-order valence-electron chi connectivity index (χ4n) is 1.40. The highest BCUT2D eigenvalue weighted by molar-refractivity contribution is 4.96. The molecule has 0 radical (unpaired) electrons. The summed E-state index contributed by atoms with van der Waals surface area (Å²) in [6, 6.07) is 0. The second-order valence-corrected chi connectivity index (χ2v) is 3.60. The van der Waals surface area contributed by atoms with Crippen molar-refractivity contribution in [1.29, 1.82) is 0 Å². The Morgan fingerprint density at radius 1 is 1.40 bits per heavy atom. The molecule has 0 spiro atoms. The predicted molar refractivity (Wildman–Crippen MR) is 60.5 cm³/mol. The van der Waals surface area contributed by atoms with E-state index in [1.165, 1.54) is 6.42 Å². The van der Waals surface area contributed by atoms with Gasteiger partial charge >= 0.3 is 0 Å². The summed E-state index contributed by atoms with van der Waals surface area (Å²) in [5.41, 5.74) is 6.66. The zero-order valence-corrected chi connectivity index (χ0v) is 9.48. The van der Waals surface area contributed by atoms with Crippen LogP contribution in [0.1, 0.15) is 31.9 Å². The normalized spacial score (nSPS) is 10.8. The minimum atomic E-state index is 0.552. The lowest BCUT2D eigenvalue weighted by atomic mass is 10.3. The average Bonchev–Trinajstić information content (AvgIpc) is 2.70. The van der Waals surface area contributed by atoms with Gasteiger partial charge in [0.2, 0.25) is 0 Å². The number of rotatable bonds is 8. The molecule has 0 unspecified atom stereocenters. The first kappa shape index (κ1) is 12.2. The zero-order valence-electron chi connectivity index (χ0n) is 9.48. The molecule has 0 bridgehead atoms. The Morgan fingerprint density at radius 3 is 2.93 bits per heavy atom. The number of aromatic nitrogens is 2. The largest absolute Gasteiger partial charge is 0.381 e. The second-order valence-electron chi connectivity index (χ2n) is 3.60. The maximum Gasteiger partial charge on any atom is 0.0948 e. The number of ether oxygens (including phenoxy) is 1. The fraction of sp³-hybridized carbons (Fsp3) is 0.727. The second kappa shape index (κ2) is 7.43. The van der Waals surface area contributed by atoms with Gasteiger partial charge in [0.05, 0.1) is 12.0 Å². The molecule has 15 heavy (non-hydrogen) atoms. The van der Waals surface area contributed by atoms with Crippen LogP contribution < -0.4 is 5.73 Å². The SMILES string of the molecule is CCCCOCCCn1cncc1CN. The van der Waals surface area contributed by atoms with Crippen LogP contribution in [0.2, 0.25) is 0 Å². The van der Waals surface area contributed by atoms with Crippen LogP contribution >= 0.6 is 0 Å². The van der Waals surface area contributed by atoms with Gasteiger partial charge in [-0.1, -0.05) is 13.3 Å². The van der Waals surface area contributed by atoms with Crippen LogP contribution in [-0.4, -0.2) is 22.8 Å². The third-order valence-corrected chi connectivity index (χ3v) is 2.34. The highest BCUT2D eigenvalue weighted by Gasteiger charge is 1.98. The molecule has 0 aliphatic heterocycles. The van der Waals surface area contributed by atoms with Crippen molar-refractivity contribution >= 4 is 0 Å². The lowest BCUT2D eigenvalue weighted by Gasteiger charge is -2.06. The quantitative estimate of drug-likeness (QED) is 0.664. The summed E-state index contributed by atoms with van der Waals surface area (Å²) in [4.78, 5) is 4.06. The minimum Gasteiger partial charge on any atom is -0.381 e. The van der Waals surface area contributed by atoms with Gasteiger partial charge in [-0.3, -0.25) is 0 Å². The Hall–Kier alpha value is -0.870. The molecular formula is C11H21N3O. The molecule has 0 amide bonds. The van der Waals surface area contributed by atoms with Crippen molar-refractivity contribution in [2.24, 2.45) is 5.73 Å². The van der Waals surface area contributed by atoms with E-state index in [0.717, 1.165) is 38.3 Å².